The molecule has 0 radical (unpaired) electrons. The first-order chi connectivity index (χ1) is 8.83. The van der Waals surface area contributed by atoms with Crippen LogP contribution in [0.15, 0.2) is 47.5 Å². The van der Waals surface area contributed by atoms with E-state index >= 15 is 0 Å². The third kappa shape index (κ3) is 3.17. The lowest BCUT2D eigenvalue weighted by atomic mass is 10.2. The SMILES string of the molecule is COc1ncccc1NCc1ccc(SC)cc1. The Morgan fingerprint density at radius 3 is 2.67 bits per heavy atom. The summed E-state index contributed by atoms with van der Waals surface area (Å²) in [7, 11) is 1.63. The Balaban J connectivity index is 2.02. The van der Waals surface area contributed by atoms with E-state index in [1.165, 1.54) is 10.5 Å². The number of thioether (sulfide) groups is 1. The molecule has 0 spiro atoms. The topological polar surface area (TPSA) is 34.1 Å². The maximum Gasteiger partial charge on any atom is 0.237 e. The molecule has 0 saturated heterocycles. The van der Waals surface area contributed by atoms with Gasteiger partial charge in [0.2, 0.25) is 5.88 Å². The third-order valence-electron chi connectivity index (χ3n) is 2.61. The molecule has 4 heteroatoms. The van der Waals surface area contributed by atoms with Crippen LogP contribution in [-0.2, 0) is 6.54 Å². The third-order valence-corrected chi connectivity index (χ3v) is 3.35. The summed E-state index contributed by atoms with van der Waals surface area (Å²) in [5.41, 5.74) is 2.15. The molecule has 0 aliphatic carbocycles. The lowest BCUT2D eigenvalue weighted by Gasteiger charge is -2.10. The predicted molar refractivity (Wildman–Crippen MR) is 76.3 cm³/mol. The molecule has 0 amide bonds. The van der Waals surface area contributed by atoms with Crippen LogP contribution in [0.25, 0.3) is 0 Å². The molecule has 3 nitrogen and oxygen atoms in total. The van der Waals surface area contributed by atoms with Crippen molar-refractivity contribution in [2.24, 2.45) is 0 Å². The van der Waals surface area contributed by atoms with Crippen molar-refractivity contribution in [2.45, 2.75) is 11.4 Å². The smallest absolute Gasteiger partial charge is 0.237 e. The van der Waals surface area contributed by atoms with Crippen LogP contribution in [0.5, 0.6) is 5.88 Å². The standard InChI is InChI=1S/C14H16N2OS/c1-17-14-13(4-3-9-15-14)16-10-11-5-7-12(18-2)8-6-11/h3-9,16H,10H2,1-2H3. The van der Waals surface area contributed by atoms with Gasteiger partial charge >= 0.3 is 0 Å². The van der Waals surface area contributed by atoms with Crippen molar-refractivity contribution in [3.05, 3.63) is 48.2 Å². The highest BCUT2D eigenvalue weighted by Gasteiger charge is 2.02. The molecule has 1 aromatic carbocycles. The molecule has 0 saturated carbocycles. The van der Waals surface area contributed by atoms with Crippen molar-refractivity contribution in [1.29, 1.82) is 0 Å². The van der Waals surface area contributed by atoms with Crippen LogP contribution in [0.3, 0.4) is 0 Å². The van der Waals surface area contributed by atoms with E-state index in [0.29, 0.717) is 5.88 Å². The number of hydrogen-bond acceptors (Lipinski definition) is 4. The molecule has 0 bridgehead atoms. The van der Waals surface area contributed by atoms with Gasteiger partial charge in [-0.2, -0.15) is 0 Å². The minimum absolute atomic E-state index is 0.623. The summed E-state index contributed by atoms with van der Waals surface area (Å²) in [5.74, 6) is 0.623. The summed E-state index contributed by atoms with van der Waals surface area (Å²) < 4.78 is 5.19. The summed E-state index contributed by atoms with van der Waals surface area (Å²) >= 11 is 1.75. The van der Waals surface area contributed by atoms with Gasteiger partial charge in [0.15, 0.2) is 0 Å². The fraction of sp³-hybridized carbons (Fsp3) is 0.214. The maximum atomic E-state index is 5.19. The zero-order valence-electron chi connectivity index (χ0n) is 10.5. The minimum Gasteiger partial charge on any atom is -0.480 e. The quantitative estimate of drug-likeness (QED) is 0.835. The molecular formula is C14H16N2OS. The maximum absolute atomic E-state index is 5.19. The summed E-state index contributed by atoms with van der Waals surface area (Å²) in [6.07, 6.45) is 3.80. The molecule has 0 aliphatic heterocycles. The first-order valence-corrected chi connectivity index (χ1v) is 6.92. The summed E-state index contributed by atoms with van der Waals surface area (Å²) in [6.45, 7) is 0.761. The Kier molecular flexibility index (Phi) is 4.47. The lowest BCUT2D eigenvalue weighted by Crippen LogP contribution is -2.02. The van der Waals surface area contributed by atoms with Crippen LogP contribution in [0.2, 0.25) is 0 Å². The number of benzene rings is 1. The first-order valence-electron chi connectivity index (χ1n) is 5.69. The van der Waals surface area contributed by atoms with Crippen LogP contribution >= 0.6 is 11.8 Å². The second-order valence-corrected chi connectivity index (χ2v) is 4.64. The number of nitrogens with zero attached hydrogens (tertiary/aromatic N) is 1. The number of rotatable bonds is 5. The number of ether oxygens (including phenoxy) is 1. The van der Waals surface area contributed by atoms with Crippen LogP contribution in [-0.4, -0.2) is 18.3 Å². The minimum atomic E-state index is 0.623. The molecule has 2 rings (SSSR count). The van der Waals surface area contributed by atoms with Crippen LogP contribution in [0, 0.1) is 0 Å². The van der Waals surface area contributed by atoms with E-state index in [0.717, 1.165) is 12.2 Å². The van der Waals surface area contributed by atoms with E-state index in [4.69, 9.17) is 4.74 Å². The van der Waals surface area contributed by atoms with E-state index in [-0.39, 0.29) is 0 Å². The first kappa shape index (κ1) is 12.8. The second-order valence-electron chi connectivity index (χ2n) is 3.76. The van der Waals surface area contributed by atoms with Crippen molar-refractivity contribution in [3.8, 4) is 5.88 Å². The summed E-state index contributed by atoms with van der Waals surface area (Å²) in [6, 6.07) is 12.4. The Bertz CT molecular complexity index is 499. The predicted octanol–water partition coefficient (Wildman–Crippen LogP) is 3.42. The van der Waals surface area contributed by atoms with E-state index in [1.807, 2.05) is 12.1 Å². The van der Waals surface area contributed by atoms with Crippen molar-refractivity contribution >= 4 is 17.4 Å². The number of nitrogens with one attached hydrogen (secondary N) is 1. The van der Waals surface area contributed by atoms with Crippen LogP contribution in [0.4, 0.5) is 5.69 Å². The Morgan fingerprint density at radius 1 is 1.22 bits per heavy atom. The highest BCUT2D eigenvalue weighted by atomic mass is 32.2. The molecule has 18 heavy (non-hydrogen) atoms. The lowest BCUT2D eigenvalue weighted by molar-refractivity contribution is 0.399. The molecule has 2 aromatic rings. The largest absolute Gasteiger partial charge is 0.480 e. The summed E-state index contributed by atoms with van der Waals surface area (Å²) in [4.78, 5) is 5.42. The zero-order valence-corrected chi connectivity index (χ0v) is 11.3. The highest BCUT2D eigenvalue weighted by Crippen LogP contribution is 2.21. The van der Waals surface area contributed by atoms with Gasteiger partial charge in [0.05, 0.1) is 12.8 Å². The molecule has 1 aromatic heterocycles. The zero-order chi connectivity index (χ0) is 12.8. The monoisotopic (exact) mass is 260 g/mol. The van der Waals surface area contributed by atoms with Crippen molar-refractivity contribution in [2.75, 3.05) is 18.7 Å². The van der Waals surface area contributed by atoms with Gasteiger partial charge in [-0.1, -0.05) is 12.1 Å². The number of anilines is 1. The van der Waals surface area contributed by atoms with E-state index in [1.54, 1.807) is 25.1 Å². The molecule has 1 N–H and O–H groups in total. The normalized spacial score (nSPS) is 10.1. The number of methoxy groups -OCH3 is 1. The molecule has 1 heterocycles. The number of hydrogen-bond donors (Lipinski definition) is 1. The highest BCUT2D eigenvalue weighted by molar-refractivity contribution is 7.98. The molecule has 0 aliphatic rings. The van der Waals surface area contributed by atoms with Crippen molar-refractivity contribution in [3.63, 3.8) is 0 Å². The van der Waals surface area contributed by atoms with E-state index < -0.39 is 0 Å². The fourth-order valence-corrected chi connectivity index (χ4v) is 2.04. The van der Waals surface area contributed by atoms with Gasteiger partial charge in [-0.25, -0.2) is 4.98 Å². The van der Waals surface area contributed by atoms with Crippen molar-refractivity contribution in [1.82, 2.24) is 4.98 Å². The Labute approximate surface area is 112 Å². The van der Waals surface area contributed by atoms with Gasteiger partial charge in [0.25, 0.3) is 0 Å². The van der Waals surface area contributed by atoms with Gasteiger partial charge < -0.3 is 10.1 Å². The molecule has 0 unspecified atom stereocenters. The van der Waals surface area contributed by atoms with Gasteiger partial charge in [-0.15, -0.1) is 11.8 Å². The van der Waals surface area contributed by atoms with Gasteiger partial charge in [-0.05, 0) is 36.1 Å². The average molecular weight is 260 g/mol. The van der Waals surface area contributed by atoms with Crippen molar-refractivity contribution < 1.29 is 4.74 Å². The average Bonchev–Trinajstić information content (AvgIpc) is 2.46. The molecule has 0 atom stereocenters. The summed E-state index contributed by atoms with van der Waals surface area (Å²) in [5, 5.41) is 3.32. The van der Waals surface area contributed by atoms with E-state index in [9.17, 15) is 0 Å². The van der Waals surface area contributed by atoms with Crippen LogP contribution in [0.1, 0.15) is 5.56 Å². The fourth-order valence-electron chi connectivity index (χ4n) is 1.63. The Morgan fingerprint density at radius 2 is 2.00 bits per heavy atom. The Hall–Kier alpha value is -1.68. The number of pyridine rings is 1. The van der Waals surface area contributed by atoms with Gasteiger partial charge in [0.1, 0.15) is 0 Å². The second kappa shape index (κ2) is 6.31. The van der Waals surface area contributed by atoms with Gasteiger partial charge in [0, 0.05) is 17.6 Å². The molecular weight excluding hydrogens is 244 g/mol. The van der Waals surface area contributed by atoms with E-state index in [2.05, 4.69) is 40.8 Å². The molecule has 94 valence electrons. The van der Waals surface area contributed by atoms with Crippen LogP contribution < -0.4 is 10.1 Å². The molecule has 0 fully saturated rings. The number of aromatic nitrogens is 1. The van der Waals surface area contributed by atoms with Gasteiger partial charge in [-0.3, -0.25) is 0 Å².